The summed E-state index contributed by atoms with van der Waals surface area (Å²) < 4.78 is 0. The Kier molecular flexibility index (Phi) is 1.77. The Morgan fingerprint density at radius 2 is 2.10 bits per heavy atom. The van der Waals surface area contributed by atoms with Crippen LogP contribution in [0, 0.1) is 6.07 Å². The first kappa shape index (κ1) is 6.88. The number of hydrogen-bond acceptors (Lipinski definition) is 1. The van der Waals surface area contributed by atoms with Crippen molar-refractivity contribution in [2.24, 2.45) is 0 Å². The van der Waals surface area contributed by atoms with Gasteiger partial charge in [0.25, 0.3) is 0 Å². The second-order valence-electron chi connectivity index (χ2n) is 2.36. The average Bonchev–Trinajstić information content (AvgIpc) is 1.96. The molecule has 0 spiro atoms. The van der Waals surface area contributed by atoms with Gasteiger partial charge in [-0.05, 0) is 25.5 Å². The first-order chi connectivity index (χ1) is 4.70. The van der Waals surface area contributed by atoms with Crippen LogP contribution in [0.1, 0.15) is 20.8 Å². The van der Waals surface area contributed by atoms with Gasteiger partial charge in [0.05, 0.1) is 5.57 Å². The van der Waals surface area contributed by atoms with Gasteiger partial charge in [-0.15, -0.1) is 4.84 Å². The summed E-state index contributed by atoms with van der Waals surface area (Å²) in [5.74, 6) is 0.807. The molecule has 0 aromatic heterocycles. The quantitative estimate of drug-likeness (QED) is 0.499. The Morgan fingerprint density at radius 3 is 2.80 bits per heavy atom. The van der Waals surface area contributed by atoms with E-state index < -0.39 is 0 Å². The van der Waals surface area contributed by atoms with Crippen LogP contribution in [0.3, 0.4) is 0 Å². The predicted octanol–water partition coefficient (Wildman–Crippen LogP) is 2.50. The molecule has 1 rings (SSSR count). The standard InChI is InChI=1S/C8H10NO/c1-6-4-8(3)10-9-5-7(6)2/h4H,1-3H3/q+1. The largest absolute Gasteiger partial charge is 0.384 e. The first-order valence-corrected chi connectivity index (χ1v) is 3.19. The summed E-state index contributed by atoms with van der Waals surface area (Å²) in [4.78, 5) is 4.88. The average molecular weight is 136 g/mol. The molecule has 1 aliphatic heterocycles. The van der Waals surface area contributed by atoms with Crippen LogP contribution < -0.4 is 0 Å². The van der Waals surface area contributed by atoms with Gasteiger partial charge in [-0.2, -0.15) is 0 Å². The molecule has 0 N–H and O–H groups in total. The van der Waals surface area contributed by atoms with Gasteiger partial charge >= 0.3 is 6.07 Å². The Labute approximate surface area is 60.6 Å². The summed E-state index contributed by atoms with van der Waals surface area (Å²) in [6.45, 7) is 5.83. The molecule has 0 aromatic carbocycles. The lowest BCUT2D eigenvalue weighted by molar-refractivity contribution is 0.347. The second-order valence-corrected chi connectivity index (χ2v) is 2.36. The van der Waals surface area contributed by atoms with Crippen LogP contribution in [0.15, 0.2) is 23.0 Å². The molecular weight excluding hydrogens is 126 g/mol. The molecule has 0 aromatic rings. The topological polar surface area (TPSA) is 13.6 Å². The van der Waals surface area contributed by atoms with E-state index in [1.54, 1.807) is 0 Å². The van der Waals surface area contributed by atoms with E-state index in [0.29, 0.717) is 0 Å². The summed E-state index contributed by atoms with van der Waals surface area (Å²) >= 11 is 0. The zero-order chi connectivity index (χ0) is 7.56. The fourth-order valence-electron chi connectivity index (χ4n) is 0.691. The third kappa shape index (κ3) is 1.38. The van der Waals surface area contributed by atoms with Crippen molar-refractivity contribution < 1.29 is 4.84 Å². The van der Waals surface area contributed by atoms with Crippen LogP contribution in [0.25, 0.3) is 5.01 Å². The lowest BCUT2D eigenvalue weighted by atomic mass is 10.1. The van der Waals surface area contributed by atoms with Crippen LogP contribution >= 0.6 is 0 Å². The van der Waals surface area contributed by atoms with E-state index >= 15 is 0 Å². The molecule has 0 atom stereocenters. The van der Waals surface area contributed by atoms with Gasteiger partial charge in [-0.1, -0.05) is 0 Å². The molecule has 0 unspecified atom stereocenters. The number of rotatable bonds is 0. The van der Waals surface area contributed by atoms with Gasteiger partial charge in [0, 0.05) is 6.92 Å². The van der Waals surface area contributed by atoms with Crippen LogP contribution in [0.2, 0.25) is 0 Å². The summed E-state index contributed by atoms with van der Waals surface area (Å²) in [6.07, 6.45) is 1.94. The highest BCUT2D eigenvalue weighted by Crippen LogP contribution is 2.11. The summed E-state index contributed by atoms with van der Waals surface area (Å²) in [5, 5.41) is 3.61. The highest BCUT2D eigenvalue weighted by atomic mass is 16.6. The second kappa shape index (κ2) is 2.57. The predicted molar refractivity (Wildman–Crippen MR) is 40.5 cm³/mol. The van der Waals surface area contributed by atoms with Crippen molar-refractivity contribution in [1.82, 2.24) is 0 Å². The van der Waals surface area contributed by atoms with E-state index in [4.69, 9.17) is 4.84 Å². The molecule has 10 heavy (non-hydrogen) atoms. The van der Waals surface area contributed by atoms with E-state index in [1.807, 2.05) is 26.8 Å². The minimum absolute atomic E-state index is 0.807. The third-order valence-electron chi connectivity index (χ3n) is 1.41. The van der Waals surface area contributed by atoms with Crippen molar-refractivity contribution in [2.45, 2.75) is 20.8 Å². The molecule has 1 heterocycles. The van der Waals surface area contributed by atoms with E-state index in [0.717, 1.165) is 16.9 Å². The Bertz CT molecular complexity index is 263. The molecule has 52 valence electrons. The Balaban J connectivity index is 3.04. The first-order valence-electron chi connectivity index (χ1n) is 3.19. The lowest BCUT2D eigenvalue weighted by Gasteiger charge is -1.87. The van der Waals surface area contributed by atoms with Crippen LogP contribution in [-0.2, 0) is 4.84 Å². The van der Waals surface area contributed by atoms with Gasteiger partial charge in [-0.3, -0.25) is 0 Å². The minimum Gasteiger partial charge on any atom is -0.126 e. The minimum atomic E-state index is 0.807. The molecule has 2 heteroatoms. The SMILES string of the molecule is CC1=CC(C)=C(C)C#[N+]O1. The molecule has 0 radical (unpaired) electrons. The summed E-state index contributed by atoms with van der Waals surface area (Å²) in [7, 11) is 0. The van der Waals surface area contributed by atoms with Gasteiger partial charge in [0.15, 0.2) is 5.76 Å². The number of allylic oxidation sites excluding steroid dienone is 4. The van der Waals surface area contributed by atoms with Crippen molar-refractivity contribution in [3.63, 3.8) is 0 Å². The van der Waals surface area contributed by atoms with E-state index in [9.17, 15) is 0 Å². The Morgan fingerprint density at radius 1 is 1.40 bits per heavy atom. The van der Waals surface area contributed by atoms with Crippen molar-refractivity contribution >= 4 is 0 Å². The van der Waals surface area contributed by atoms with Gasteiger partial charge in [0.2, 0.25) is 5.01 Å². The molecule has 0 saturated carbocycles. The molecule has 0 amide bonds. The zero-order valence-electron chi connectivity index (χ0n) is 6.43. The molecule has 2 nitrogen and oxygen atoms in total. The summed E-state index contributed by atoms with van der Waals surface area (Å²) in [5.41, 5.74) is 2.18. The van der Waals surface area contributed by atoms with Crippen LogP contribution in [0.4, 0.5) is 0 Å². The molecule has 0 fully saturated rings. The van der Waals surface area contributed by atoms with Crippen LogP contribution in [0.5, 0.6) is 0 Å². The molecular formula is C8H10NO+. The molecule has 0 saturated heterocycles. The highest BCUT2D eigenvalue weighted by molar-refractivity contribution is 5.35. The lowest BCUT2D eigenvalue weighted by Crippen LogP contribution is -1.76. The maximum Gasteiger partial charge on any atom is 0.384 e. The number of nitrogens with zero attached hydrogens (tertiary/aromatic N) is 1. The van der Waals surface area contributed by atoms with E-state index in [-0.39, 0.29) is 0 Å². The van der Waals surface area contributed by atoms with Gasteiger partial charge < -0.3 is 0 Å². The van der Waals surface area contributed by atoms with E-state index in [1.165, 1.54) is 0 Å². The molecule has 0 bridgehead atoms. The monoisotopic (exact) mass is 136 g/mol. The van der Waals surface area contributed by atoms with Gasteiger partial charge in [-0.25, -0.2) is 0 Å². The van der Waals surface area contributed by atoms with Crippen molar-refractivity contribution in [3.8, 4) is 6.07 Å². The zero-order valence-corrected chi connectivity index (χ0v) is 6.43. The van der Waals surface area contributed by atoms with E-state index in [2.05, 4.69) is 11.1 Å². The Hall–Kier alpha value is -1.23. The highest BCUT2D eigenvalue weighted by Gasteiger charge is 2.06. The smallest absolute Gasteiger partial charge is 0.126 e. The fraction of sp³-hybridized carbons (Fsp3) is 0.375. The molecule has 1 aliphatic rings. The third-order valence-corrected chi connectivity index (χ3v) is 1.41. The maximum atomic E-state index is 4.88. The maximum absolute atomic E-state index is 4.88. The number of hydrogen-bond donors (Lipinski definition) is 0. The van der Waals surface area contributed by atoms with Crippen molar-refractivity contribution in [1.29, 1.82) is 0 Å². The summed E-state index contributed by atoms with van der Waals surface area (Å²) in [6, 6.07) is 2.75. The fourth-order valence-corrected chi connectivity index (χ4v) is 0.691. The van der Waals surface area contributed by atoms with Gasteiger partial charge in [0.1, 0.15) is 0 Å². The van der Waals surface area contributed by atoms with Crippen LogP contribution in [-0.4, -0.2) is 0 Å². The normalized spacial score (nSPS) is 16.5. The van der Waals surface area contributed by atoms with Crippen molar-refractivity contribution in [3.05, 3.63) is 28.0 Å². The molecule has 0 aliphatic carbocycles. The van der Waals surface area contributed by atoms with Crippen molar-refractivity contribution in [2.75, 3.05) is 0 Å².